The fourth-order valence-corrected chi connectivity index (χ4v) is 3.40. The minimum Gasteiger partial charge on any atom is -0.467 e. The molecular weight excluding hydrogens is 408 g/mol. The van der Waals surface area contributed by atoms with E-state index in [2.05, 4.69) is 20.9 Å². The first-order valence-electron chi connectivity index (χ1n) is 8.51. The summed E-state index contributed by atoms with van der Waals surface area (Å²) in [5.74, 6) is 0.877. The number of hydrogen-bond acceptors (Lipinski definition) is 4. The van der Waals surface area contributed by atoms with E-state index in [1.165, 1.54) is 0 Å². The molecule has 0 fully saturated rings. The number of hydrogen-bond donors (Lipinski definition) is 0. The monoisotopic (exact) mass is 424 g/mol. The Bertz CT molecular complexity index is 1070. The molecule has 0 unspecified atom stereocenters. The van der Waals surface area contributed by atoms with Gasteiger partial charge in [-0.2, -0.15) is 0 Å². The Kier molecular flexibility index (Phi) is 4.81. The molecule has 1 aromatic carbocycles. The normalized spacial score (nSPS) is 11.0. The highest BCUT2D eigenvalue weighted by atomic mass is 79.9. The van der Waals surface area contributed by atoms with E-state index in [9.17, 15) is 4.79 Å². The van der Waals surface area contributed by atoms with Gasteiger partial charge in [-0.05, 0) is 48.9 Å². The minimum atomic E-state index is -0.180. The number of pyridine rings is 1. The van der Waals surface area contributed by atoms with Gasteiger partial charge in [0.25, 0.3) is 5.91 Å². The lowest BCUT2D eigenvalue weighted by molar-refractivity contribution is 0.0686. The van der Waals surface area contributed by atoms with Crippen LogP contribution in [0, 0.1) is 6.92 Å². The maximum atomic E-state index is 13.3. The first kappa shape index (κ1) is 17.5. The van der Waals surface area contributed by atoms with Crippen molar-refractivity contribution < 1.29 is 13.6 Å². The maximum absolute atomic E-state index is 13.3. The van der Waals surface area contributed by atoms with Gasteiger partial charge in [0.2, 0.25) is 0 Å². The number of aromatic nitrogens is 1. The fourth-order valence-electron chi connectivity index (χ4n) is 3.04. The number of furan rings is 2. The van der Waals surface area contributed by atoms with Gasteiger partial charge in [0.1, 0.15) is 11.3 Å². The topological polar surface area (TPSA) is 59.5 Å². The summed E-state index contributed by atoms with van der Waals surface area (Å²) in [6.07, 6.45) is 5.07. The predicted molar refractivity (Wildman–Crippen MR) is 105 cm³/mol. The second-order valence-corrected chi connectivity index (χ2v) is 7.21. The van der Waals surface area contributed by atoms with Crippen molar-refractivity contribution in [3.63, 3.8) is 0 Å². The molecule has 27 heavy (non-hydrogen) atoms. The molecule has 5 nitrogen and oxygen atoms in total. The number of rotatable bonds is 5. The second-order valence-electron chi connectivity index (χ2n) is 6.30. The van der Waals surface area contributed by atoms with E-state index in [-0.39, 0.29) is 5.91 Å². The Balaban J connectivity index is 1.70. The van der Waals surface area contributed by atoms with Crippen LogP contribution in [-0.2, 0) is 13.1 Å². The first-order valence-corrected chi connectivity index (χ1v) is 9.30. The standard InChI is InChI=1S/C21H17BrN2O3/c1-14-18-10-16(22)6-7-19(18)27-20(14)21(25)24(13-17-5-3-9-26-17)12-15-4-2-8-23-11-15/h2-11H,12-13H2,1H3. The lowest BCUT2D eigenvalue weighted by atomic mass is 10.1. The summed E-state index contributed by atoms with van der Waals surface area (Å²) in [6, 6.07) is 13.2. The molecule has 136 valence electrons. The van der Waals surface area contributed by atoms with Crippen LogP contribution in [0.5, 0.6) is 0 Å². The molecule has 0 saturated carbocycles. The molecule has 0 aliphatic heterocycles. The number of nitrogens with zero attached hydrogens (tertiary/aromatic N) is 2. The third-order valence-electron chi connectivity index (χ3n) is 4.40. The molecule has 6 heteroatoms. The van der Waals surface area contributed by atoms with Crippen LogP contribution in [0.15, 0.2) is 74.4 Å². The van der Waals surface area contributed by atoms with Crippen LogP contribution < -0.4 is 0 Å². The number of halogens is 1. The van der Waals surface area contributed by atoms with Crippen molar-refractivity contribution in [3.05, 3.63) is 88.2 Å². The van der Waals surface area contributed by atoms with Crippen molar-refractivity contribution in [2.75, 3.05) is 0 Å². The zero-order chi connectivity index (χ0) is 18.8. The highest BCUT2D eigenvalue weighted by Crippen LogP contribution is 2.29. The van der Waals surface area contributed by atoms with Crippen molar-refractivity contribution in [1.82, 2.24) is 9.88 Å². The molecule has 3 heterocycles. The summed E-state index contributed by atoms with van der Waals surface area (Å²) in [5, 5.41) is 0.923. The van der Waals surface area contributed by atoms with E-state index in [4.69, 9.17) is 8.83 Å². The molecule has 0 saturated heterocycles. The van der Waals surface area contributed by atoms with E-state index < -0.39 is 0 Å². The van der Waals surface area contributed by atoms with Gasteiger partial charge in [0.15, 0.2) is 5.76 Å². The Hall–Kier alpha value is -2.86. The average Bonchev–Trinajstić information content (AvgIpc) is 3.30. The zero-order valence-corrected chi connectivity index (χ0v) is 16.3. The molecule has 0 aliphatic carbocycles. The molecule has 0 aliphatic rings. The lowest BCUT2D eigenvalue weighted by Gasteiger charge is -2.21. The molecule has 0 radical (unpaired) electrons. The van der Waals surface area contributed by atoms with Crippen LogP contribution in [0.2, 0.25) is 0 Å². The molecule has 0 atom stereocenters. The van der Waals surface area contributed by atoms with E-state index in [0.717, 1.165) is 21.0 Å². The Morgan fingerprint density at radius 3 is 2.81 bits per heavy atom. The summed E-state index contributed by atoms with van der Waals surface area (Å²) in [5.41, 5.74) is 2.46. The van der Waals surface area contributed by atoms with Crippen LogP contribution >= 0.6 is 15.9 Å². The highest BCUT2D eigenvalue weighted by molar-refractivity contribution is 9.10. The molecule has 0 spiro atoms. The van der Waals surface area contributed by atoms with Gasteiger partial charge in [-0.15, -0.1) is 0 Å². The summed E-state index contributed by atoms with van der Waals surface area (Å²) < 4.78 is 12.3. The van der Waals surface area contributed by atoms with Crippen molar-refractivity contribution in [1.29, 1.82) is 0 Å². The van der Waals surface area contributed by atoms with Gasteiger partial charge < -0.3 is 13.7 Å². The number of aryl methyl sites for hydroxylation is 1. The number of amides is 1. The summed E-state index contributed by atoms with van der Waals surface area (Å²) >= 11 is 3.47. The van der Waals surface area contributed by atoms with Gasteiger partial charge in [-0.3, -0.25) is 9.78 Å². The molecule has 1 amide bonds. The molecule has 3 aromatic heterocycles. The van der Waals surface area contributed by atoms with Gasteiger partial charge in [-0.25, -0.2) is 0 Å². The second kappa shape index (κ2) is 7.40. The fraction of sp³-hybridized carbons (Fsp3) is 0.143. The smallest absolute Gasteiger partial charge is 0.290 e. The average molecular weight is 425 g/mol. The SMILES string of the molecule is Cc1c(C(=O)N(Cc2cccnc2)Cc2ccco2)oc2ccc(Br)cc12. The maximum Gasteiger partial charge on any atom is 0.290 e. The van der Waals surface area contributed by atoms with E-state index in [0.29, 0.717) is 30.2 Å². The lowest BCUT2D eigenvalue weighted by Crippen LogP contribution is -2.30. The third kappa shape index (κ3) is 3.66. The van der Waals surface area contributed by atoms with Gasteiger partial charge >= 0.3 is 0 Å². The van der Waals surface area contributed by atoms with Crippen LogP contribution in [0.3, 0.4) is 0 Å². The van der Waals surface area contributed by atoms with Gasteiger partial charge in [0, 0.05) is 34.4 Å². The van der Waals surface area contributed by atoms with E-state index in [1.807, 2.05) is 49.4 Å². The Labute approximate surface area is 164 Å². The minimum absolute atomic E-state index is 0.180. The van der Waals surface area contributed by atoms with Gasteiger partial charge in [0.05, 0.1) is 12.8 Å². The zero-order valence-electron chi connectivity index (χ0n) is 14.7. The number of carbonyl (C=O) groups excluding carboxylic acids is 1. The summed E-state index contributed by atoms with van der Waals surface area (Å²) in [7, 11) is 0. The number of carbonyl (C=O) groups is 1. The number of fused-ring (bicyclic) bond motifs is 1. The largest absolute Gasteiger partial charge is 0.467 e. The molecular formula is C21H17BrN2O3. The highest BCUT2D eigenvalue weighted by Gasteiger charge is 2.24. The Morgan fingerprint density at radius 2 is 2.07 bits per heavy atom. The predicted octanol–water partition coefficient (Wildman–Crippen LogP) is 5.33. The molecule has 4 aromatic rings. The van der Waals surface area contributed by atoms with Crippen LogP contribution in [-0.4, -0.2) is 15.8 Å². The quantitative estimate of drug-likeness (QED) is 0.434. The Morgan fingerprint density at radius 1 is 1.19 bits per heavy atom. The first-order chi connectivity index (χ1) is 13.1. The summed E-state index contributed by atoms with van der Waals surface area (Å²) in [4.78, 5) is 19.2. The van der Waals surface area contributed by atoms with Crippen LogP contribution in [0.4, 0.5) is 0 Å². The molecule has 0 bridgehead atoms. The number of benzene rings is 1. The van der Waals surface area contributed by atoms with Crippen molar-refractivity contribution in [3.8, 4) is 0 Å². The molecule has 0 N–H and O–H groups in total. The van der Waals surface area contributed by atoms with Crippen molar-refractivity contribution in [2.45, 2.75) is 20.0 Å². The van der Waals surface area contributed by atoms with Crippen LogP contribution in [0.25, 0.3) is 11.0 Å². The van der Waals surface area contributed by atoms with E-state index in [1.54, 1.807) is 23.6 Å². The van der Waals surface area contributed by atoms with Crippen LogP contribution in [0.1, 0.15) is 27.4 Å². The molecule has 4 rings (SSSR count). The third-order valence-corrected chi connectivity index (χ3v) is 4.90. The van der Waals surface area contributed by atoms with Gasteiger partial charge in [-0.1, -0.05) is 22.0 Å². The summed E-state index contributed by atoms with van der Waals surface area (Å²) in [6.45, 7) is 2.66. The van der Waals surface area contributed by atoms with Crippen molar-refractivity contribution in [2.24, 2.45) is 0 Å². The van der Waals surface area contributed by atoms with Crippen molar-refractivity contribution >= 4 is 32.8 Å². The van der Waals surface area contributed by atoms with E-state index >= 15 is 0 Å².